The highest BCUT2D eigenvalue weighted by atomic mass is 32.1. The number of benzene rings is 1. The van der Waals surface area contributed by atoms with Gasteiger partial charge in [-0.1, -0.05) is 0 Å². The highest BCUT2D eigenvalue weighted by molar-refractivity contribution is 7.13. The predicted octanol–water partition coefficient (Wildman–Crippen LogP) is 2.67. The molecule has 0 radical (unpaired) electrons. The first kappa shape index (κ1) is 13.7. The van der Waals surface area contributed by atoms with Crippen LogP contribution in [0.4, 0.5) is 5.69 Å². The van der Waals surface area contributed by atoms with E-state index >= 15 is 0 Å². The van der Waals surface area contributed by atoms with Gasteiger partial charge >= 0.3 is 5.97 Å². The first-order valence-corrected chi connectivity index (χ1v) is 9.10. The third-order valence-corrected chi connectivity index (χ3v) is 6.34. The van der Waals surface area contributed by atoms with Gasteiger partial charge in [-0.15, -0.1) is 0 Å². The second kappa shape index (κ2) is 4.92. The van der Waals surface area contributed by atoms with E-state index in [0.717, 1.165) is 22.5 Å². The lowest BCUT2D eigenvalue weighted by atomic mass is 10.1. The van der Waals surface area contributed by atoms with Crippen molar-refractivity contribution >= 4 is 33.3 Å². The van der Waals surface area contributed by atoms with Crippen molar-refractivity contribution in [3.05, 3.63) is 23.9 Å². The smallest absolute Gasteiger partial charge is 0.356 e. The Hall–Kier alpha value is -1.66. The molecule has 2 bridgehead atoms. The largest absolute Gasteiger partial charge is 0.476 e. The van der Waals surface area contributed by atoms with Crippen molar-refractivity contribution < 1.29 is 9.90 Å². The Labute approximate surface area is 138 Å². The minimum atomic E-state index is -0.944. The van der Waals surface area contributed by atoms with Crippen LogP contribution in [0, 0.1) is 5.92 Å². The molecule has 1 aromatic heterocycles. The number of fused-ring (bicyclic) bond motifs is 3. The van der Waals surface area contributed by atoms with Gasteiger partial charge in [-0.2, -0.15) is 4.37 Å². The number of anilines is 1. The van der Waals surface area contributed by atoms with Gasteiger partial charge in [0.25, 0.3) is 0 Å². The second-order valence-corrected chi connectivity index (χ2v) is 7.91. The summed E-state index contributed by atoms with van der Waals surface area (Å²) >= 11 is 1.28. The van der Waals surface area contributed by atoms with Crippen molar-refractivity contribution in [2.24, 2.45) is 5.92 Å². The van der Waals surface area contributed by atoms with Gasteiger partial charge in [0.15, 0.2) is 5.69 Å². The Morgan fingerprint density at radius 3 is 2.87 bits per heavy atom. The predicted molar refractivity (Wildman–Crippen MR) is 90.4 cm³/mol. The van der Waals surface area contributed by atoms with Gasteiger partial charge in [0.05, 0.1) is 4.70 Å². The van der Waals surface area contributed by atoms with Crippen molar-refractivity contribution in [3.8, 4) is 0 Å². The van der Waals surface area contributed by atoms with Crippen LogP contribution >= 0.6 is 11.5 Å². The molecule has 5 nitrogen and oxygen atoms in total. The standard InChI is InChI=1S/C17H19N3O2S/c21-17(22)16-14-4-3-11(6-15(14)23-18-16)20-9-12-5-13(20)8-19(12)7-10-1-2-10/h3-4,6,10,12-13H,1-2,5,7-9H2,(H,21,22)/t12-,13-/m0/s1. The number of rotatable bonds is 4. The van der Waals surface area contributed by atoms with Crippen LogP contribution < -0.4 is 4.90 Å². The van der Waals surface area contributed by atoms with E-state index in [9.17, 15) is 9.90 Å². The van der Waals surface area contributed by atoms with E-state index in [1.165, 1.54) is 49.6 Å². The molecule has 0 amide bonds. The zero-order valence-electron chi connectivity index (χ0n) is 12.8. The maximum atomic E-state index is 11.2. The lowest BCUT2D eigenvalue weighted by molar-refractivity contribution is 0.0694. The molecule has 5 rings (SSSR count). The number of hydrogen-bond donors (Lipinski definition) is 1. The van der Waals surface area contributed by atoms with E-state index in [1.54, 1.807) is 0 Å². The van der Waals surface area contributed by atoms with Gasteiger partial charge in [0.1, 0.15) is 0 Å². The molecule has 3 aliphatic rings. The van der Waals surface area contributed by atoms with Crippen molar-refractivity contribution in [3.63, 3.8) is 0 Å². The average molecular weight is 329 g/mol. The van der Waals surface area contributed by atoms with Gasteiger partial charge < -0.3 is 10.0 Å². The highest BCUT2D eigenvalue weighted by Crippen LogP contribution is 2.39. The van der Waals surface area contributed by atoms with E-state index in [-0.39, 0.29) is 5.69 Å². The molecule has 0 unspecified atom stereocenters. The van der Waals surface area contributed by atoms with Crippen LogP contribution in [0.3, 0.4) is 0 Å². The Morgan fingerprint density at radius 2 is 2.17 bits per heavy atom. The maximum absolute atomic E-state index is 11.2. The zero-order chi connectivity index (χ0) is 15.6. The first-order valence-electron chi connectivity index (χ1n) is 8.32. The van der Waals surface area contributed by atoms with Crippen LogP contribution in [0.5, 0.6) is 0 Å². The molecule has 1 aliphatic carbocycles. The van der Waals surface area contributed by atoms with Gasteiger partial charge in [-0.3, -0.25) is 4.90 Å². The fourth-order valence-corrected chi connectivity index (χ4v) is 4.98. The highest BCUT2D eigenvalue weighted by Gasteiger charge is 2.44. The van der Waals surface area contributed by atoms with E-state index in [4.69, 9.17) is 0 Å². The Morgan fingerprint density at radius 1 is 1.30 bits per heavy atom. The summed E-state index contributed by atoms with van der Waals surface area (Å²) in [4.78, 5) is 16.4. The van der Waals surface area contributed by atoms with Gasteiger partial charge in [-0.05, 0) is 54.9 Å². The Bertz CT molecular complexity index is 785. The SMILES string of the molecule is O=C(O)c1nsc2cc(N3C[C@@H]4C[C@H]3CN4CC3CC3)ccc12. The monoisotopic (exact) mass is 329 g/mol. The molecular formula is C17H19N3O2S. The fourth-order valence-electron chi connectivity index (χ4n) is 4.18. The number of carbonyl (C=O) groups is 1. The second-order valence-electron chi connectivity index (χ2n) is 7.11. The number of aromatic carboxylic acids is 1. The fraction of sp³-hybridized carbons (Fsp3) is 0.529. The quantitative estimate of drug-likeness (QED) is 0.934. The molecule has 1 saturated carbocycles. The van der Waals surface area contributed by atoms with Gasteiger partial charge in [0.2, 0.25) is 0 Å². The summed E-state index contributed by atoms with van der Waals surface area (Å²) in [5, 5.41) is 9.93. The maximum Gasteiger partial charge on any atom is 0.356 e. The summed E-state index contributed by atoms with van der Waals surface area (Å²) in [6.07, 6.45) is 4.12. The van der Waals surface area contributed by atoms with E-state index in [1.807, 2.05) is 6.07 Å². The normalized spacial score (nSPS) is 27.2. The summed E-state index contributed by atoms with van der Waals surface area (Å²) in [6, 6.07) is 7.42. The van der Waals surface area contributed by atoms with Crippen LogP contribution in [0.25, 0.3) is 10.1 Å². The molecule has 2 atom stereocenters. The Kier molecular flexibility index (Phi) is 2.94. The van der Waals surface area contributed by atoms with Crippen LogP contribution in [0.2, 0.25) is 0 Å². The third-order valence-electron chi connectivity index (χ3n) is 5.53. The molecule has 2 aromatic rings. The number of carboxylic acid groups (broad SMARTS) is 1. The summed E-state index contributed by atoms with van der Waals surface area (Å²) < 4.78 is 5.05. The van der Waals surface area contributed by atoms with E-state index in [2.05, 4.69) is 26.3 Å². The van der Waals surface area contributed by atoms with E-state index in [0.29, 0.717) is 12.1 Å². The first-order chi connectivity index (χ1) is 11.2. The minimum absolute atomic E-state index is 0.176. The number of aromatic nitrogens is 1. The molecule has 2 saturated heterocycles. The average Bonchev–Trinajstić information content (AvgIpc) is 2.98. The molecule has 1 aromatic carbocycles. The molecule has 6 heteroatoms. The minimum Gasteiger partial charge on any atom is -0.476 e. The molecule has 120 valence electrons. The lowest BCUT2D eigenvalue weighted by Crippen LogP contribution is -2.47. The molecule has 3 heterocycles. The third kappa shape index (κ3) is 2.23. The van der Waals surface area contributed by atoms with Gasteiger partial charge in [0, 0.05) is 42.8 Å². The summed E-state index contributed by atoms with van der Waals surface area (Å²) in [7, 11) is 0. The summed E-state index contributed by atoms with van der Waals surface area (Å²) in [6.45, 7) is 3.58. The number of likely N-dealkylation sites (tertiary alicyclic amines) is 1. The zero-order valence-corrected chi connectivity index (χ0v) is 13.6. The van der Waals surface area contributed by atoms with Crippen molar-refractivity contribution in [1.29, 1.82) is 0 Å². The van der Waals surface area contributed by atoms with Crippen LogP contribution in [0.15, 0.2) is 18.2 Å². The van der Waals surface area contributed by atoms with Crippen molar-refractivity contribution in [1.82, 2.24) is 9.27 Å². The van der Waals surface area contributed by atoms with Crippen molar-refractivity contribution in [2.45, 2.75) is 31.3 Å². The van der Waals surface area contributed by atoms with Crippen LogP contribution in [-0.4, -0.2) is 52.1 Å². The van der Waals surface area contributed by atoms with E-state index < -0.39 is 5.97 Å². The van der Waals surface area contributed by atoms with Crippen molar-refractivity contribution in [2.75, 3.05) is 24.5 Å². The van der Waals surface area contributed by atoms with Crippen LogP contribution in [0.1, 0.15) is 29.8 Å². The molecule has 1 N–H and O–H groups in total. The molecule has 3 fully saturated rings. The number of piperazine rings is 1. The topological polar surface area (TPSA) is 56.7 Å². The molecule has 23 heavy (non-hydrogen) atoms. The number of nitrogens with zero attached hydrogens (tertiary/aromatic N) is 3. The van der Waals surface area contributed by atoms with Gasteiger partial charge in [-0.25, -0.2) is 4.79 Å². The number of carboxylic acids is 1. The molecule has 2 aliphatic heterocycles. The van der Waals surface area contributed by atoms with Crippen LogP contribution in [-0.2, 0) is 0 Å². The Balaban J connectivity index is 1.38. The number of hydrogen-bond acceptors (Lipinski definition) is 5. The lowest BCUT2D eigenvalue weighted by Gasteiger charge is -2.35. The summed E-state index contributed by atoms with van der Waals surface area (Å²) in [5.41, 5.74) is 1.40. The molecule has 0 spiro atoms. The summed E-state index contributed by atoms with van der Waals surface area (Å²) in [5.74, 6) is 0.0192. The molecular weight excluding hydrogens is 310 g/mol.